The average Bonchev–Trinajstić information content (AvgIpc) is 1.80. The molecular formula is C78H122O28S. The third kappa shape index (κ3) is 23.0. The van der Waals surface area contributed by atoms with Crippen LogP contribution in [0.2, 0.25) is 0 Å². The van der Waals surface area contributed by atoms with Crippen LogP contribution in [-0.4, -0.2) is 234 Å². The number of rotatable bonds is 14. The smallest absolute Gasteiger partial charge is 0.323 e. The molecule has 1 aromatic rings. The van der Waals surface area contributed by atoms with Gasteiger partial charge < -0.3 is 91.1 Å². The zero-order chi connectivity index (χ0) is 76.8. The molecule has 0 aromatic heterocycles. The third-order valence-electron chi connectivity index (χ3n) is 24.3. The van der Waals surface area contributed by atoms with Crippen LogP contribution >= 0.6 is 0 Å². The Morgan fingerprint density at radius 1 is 0.421 bits per heavy atom. The Morgan fingerprint density at radius 3 is 1.11 bits per heavy atom. The lowest BCUT2D eigenvalue weighted by Crippen LogP contribution is -2.49. The second-order valence-electron chi connectivity index (χ2n) is 31.5. The van der Waals surface area contributed by atoms with Crippen molar-refractivity contribution in [3.05, 3.63) is 29.8 Å². The standard InChI is InChI=1S/C17H24O6S.C13H20O6.C11H18O4.C10H18O4.C10H16O3.C9H14O3.C8H12O2/c1-14-2-4-15(5-3-14)24(19,20)23-13-16(12-18)6-8-17(9-7-16)21-10-11-22-17;1-3-17-11(15)12(10(14)16-2)4-6-13(7-5-12)18-8-9-19-13;1-2-13-10(12)9-3-5-11(6-4-9)14-7-8-15-11;11-7-9(8-12)1-3-10(4-2-9)13-5-6-14-10;1-3-10(12-5-6-13-10)4-2-9(1)7-11-8-9;1-2-12-9(11)7-3-5-8(10)6-4-7;9-7-1-3-8(4-2-7)5-10-6-8/h2-5,18H,6-13H2,1H3;3-9H2,1-2H3;9H,2-8H2,1H3;11-12H,1-8H2;1-8H2;7H,2-6H2,1H3;1-6H2. The van der Waals surface area contributed by atoms with E-state index >= 15 is 0 Å². The van der Waals surface area contributed by atoms with E-state index in [4.69, 9.17) is 80.0 Å². The van der Waals surface area contributed by atoms with Gasteiger partial charge in [-0.15, -0.1) is 0 Å². The van der Waals surface area contributed by atoms with Gasteiger partial charge in [-0.25, -0.2) is 0 Å². The van der Waals surface area contributed by atoms with Crippen LogP contribution < -0.4 is 0 Å². The molecule has 107 heavy (non-hydrogen) atoms. The molecule has 0 amide bonds. The minimum absolute atomic E-state index is 0.0253. The van der Waals surface area contributed by atoms with Gasteiger partial charge in [-0.2, -0.15) is 8.42 Å². The highest BCUT2D eigenvalue weighted by molar-refractivity contribution is 7.86. The minimum atomic E-state index is -3.83. The molecule has 7 aliphatic heterocycles. The second kappa shape index (κ2) is 39.5. The molecule has 15 rings (SSSR count). The molecule has 3 N–H and O–H groups in total. The molecule has 7 heterocycles. The molecule has 7 spiro atoms. The van der Waals surface area contributed by atoms with E-state index in [0.29, 0.717) is 160 Å². The fourth-order valence-corrected chi connectivity index (χ4v) is 17.5. The van der Waals surface area contributed by atoms with Crippen molar-refractivity contribution in [2.75, 3.05) is 146 Å². The van der Waals surface area contributed by atoms with Crippen molar-refractivity contribution in [1.29, 1.82) is 0 Å². The molecule has 608 valence electrons. The average molecular weight is 1540 g/mol. The van der Waals surface area contributed by atoms with E-state index in [0.717, 1.165) is 135 Å². The van der Waals surface area contributed by atoms with Gasteiger partial charge in [0, 0.05) is 112 Å². The summed E-state index contributed by atoms with van der Waals surface area (Å²) in [6, 6.07) is 6.53. The van der Waals surface area contributed by atoms with E-state index in [1.807, 2.05) is 13.8 Å². The van der Waals surface area contributed by atoms with Gasteiger partial charge in [0.05, 0.1) is 163 Å². The van der Waals surface area contributed by atoms with Crippen molar-refractivity contribution < 1.29 is 132 Å². The van der Waals surface area contributed by atoms with Gasteiger partial charge in [0.15, 0.2) is 34.4 Å². The number of hydrogen-bond donors (Lipinski definition) is 3. The number of benzene rings is 1. The van der Waals surface area contributed by atoms with E-state index in [1.54, 1.807) is 26.0 Å². The highest BCUT2D eigenvalue weighted by atomic mass is 32.2. The van der Waals surface area contributed by atoms with Gasteiger partial charge >= 0.3 is 23.9 Å². The monoisotopic (exact) mass is 1540 g/mol. The lowest BCUT2D eigenvalue weighted by atomic mass is 9.70. The predicted octanol–water partition coefficient (Wildman–Crippen LogP) is 8.55. The number of methoxy groups -OCH3 is 1. The van der Waals surface area contributed by atoms with Gasteiger partial charge in [0.1, 0.15) is 11.6 Å². The van der Waals surface area contributed by atoms with Crippen LogP contribution in [0.15, 0.2) is 29.2 Å². The van der Waals surface area contributed by atoms with Crippen LogP contribution in [0.25, 0.3) is 0 Å². The first-order valence-electron chi connectivity index (χ1n) is 39.3. The van der Waals surface area contributed by atoms with E-state index in [-0.39, 0.29) is 84.5 Å². The van der Waals surface area contributed by atoms with Crippen molar-refractivity contribution in [1.82, 2.24) is 0 Å². The van der Waals surface area contributed by atoms with Crippen LogP contribution in [0, 0.1) is 45.8 Å². The number of aliphatic hydroxyl groups excluding tert-OH is 3. The number of ketones is 2. The van der Waals surface area contributed by atoms with Gasteiger partial charge in [-0.05, 0) is 130 Å². The summed E-state index contributed by atoms with van der Waals surface area (Å²) in [6.07, 6.45) is 21.3. The Bertz CT molecular complexity index is 3010. The number of ether oxygens (including phenoxy) is 16. The molecule has 1 aromatic carbocycles. The molecule has 0 atom stereocenters. The molecule has 29 heteroatoms. The predicted molar refractivity (Wildman–Crippen MR) is 381 cm³/mol. The SMILES string of the molecule is C1COC2(CCC3(CC2)COC3)O1.CCOC(=O)C1(C(=O)OC)CCC2(CC1)OCCO2.CCOC(=O)C1CCC(=O)CC1.CCOC(=O)C1CCC2(CC1)OCCO2.Cc1ccc(S(=O)(=O)OCC2(CO)CCC3(CC2)OCCO3)cc1.O=C1CCC2(CC1)COC2.OCC1(CO)CCC2(CC1)OCCO2. The molecule has 7 saturated carbocycles. The van der Waals surface area contributed by atoms with Crippen LogP contribution in [0.3, 0.4) is 0 Å². The molecule has 14 fully saturated rings. The molecule has 7 saturated heterocycles. The van der Waals surface area contributed by atoms with E-state index in [1.165, 1.54) is 32.1 Å². The van der Waals surface area contributed by atoms with Gasteiger partial charge in [0.25, 0.3) is 10.1 Å². The molecule has 7 aliphatic carbocycles. The number of aliphatic hydroxyl groups is 3. The van der Waals surface area contributed by atoms with Crippen LogP contribution in [0.4, 0.5) is 0 Å². The molecule has 0 radical (unpaired) electrons. The third-order valence-corrected chi connectivity index (χ3v) is 25.5. The lowest BCUT2D eigenvalue weighted by Gasteiger charge is -2.48. The van der Waals surface area contributed by atoms with Crippen LogP contribution in [0.5, 0.6) is 0 Å². The number of esters is 4. The normalized spacial score (nSPS) is 26.1. The van der Waals surface area contributed by atoms with Crippen LogP contribution in [-0.2, 0) is 119 Å². The molecule has 28 nitrogen and oxygen atoms in total. The lowest BCUT2D eigenvalue weighted by molar-refractivity contribution is -0.224. The topological polar surface area (TPSA) is 354 Å². The first kappa shape index (κ1) is 86.7. The summed E-state index contributed by atoms with van der Waals surface area (Å²) in [4.78, 5) is 68.6. The fraction of sp³-hybridized carbons (Fsp3) is 0.846. The van der Waals surface area contributed by atoms with E-state index in [2.05, 4.69) is 0 Å². The number of aryl methyl sites for hydroxylation is 1. The van der Waals surface area contributed by atoms with Gasteiger partial charge in [-0.1, -0.05) is 17.7 Å². The maximum Gasteiger partial charge on any atom is 0.323 e. The zero-order valence-corrected chi connectivity index (χ0v) is 64.9. The van der Waals surface area contributed by atoms with Crippen molar-refractivity contribution in [3.8, 4) is 0 Å². The zero-order valence-electron chi connectivity index (χ0n) is 64.1. The Kier molecular flexibility index (Phi) is 32.0. The molecular weight excluding hydrogens is 1420 g/mol. The number of hydrogen-bond acceptors (Lipinski definition) is 28. The number of Topliss-reactive ketones (excluding diaryl/α,β-unsaturated/α-hetero) is 2. The maximum atomic E-state index is 12.3. The molecule has 0 bridgehead atoms. The largest absolute Gasteiger partial charge is 0.468 e. The summed E-state index contributed by atoms with van der Waals surface area (Å²) < 4.78 is 116. The van der Waals surface area contributed by atoms with Crippen molar-refractivity contribution in [3.63, 3.8) is 0 Å². The Morgan fingerprint density at radius 2 is 0.757 bits per heavy atom. The van der Waals surface area contributed by atoms with E-state index < -0.39 is 50.2 Å². The molecule has 14 aliphatic rings. The Labute approximate surface area is 631 Å². The number of carbonyl (C=O) groups is 6. The van der Waals surface area contributed by atoms with Gasteiger partial charge in [0.2, 0.25) is 0 Å². The molecule has 0 unspecified atom stereocenters. The van der Waals surface area contributed by atoms with Crippen molar-refractivity contribution in [2.24, 2.45) is 38.9 Å². The minimum Gasteiger partial charge on any atom is -0.468 e. The highest BCUT2D eigenvalue weighted by Gasteiger charge is 2.57. The first-order chi connectivity index (χ1) is 51.3. The number of carbonyl (C=O) groups excluding carboxylic acids is 6. The van der Waals surface area contributed by atoms with Crippen molar-refractivity contribution in [2.45, 2.75) is 241 Å². The summed E-state index contributed by atoms with van der Waals surface area (Å²) >= 11 is 0. The summed E-state index contributed by atoms with van der Waals surface area (Å²) in [5.41, 5.74) is -0.159. The summed E-state index contributed by atoms with van der Waals surface area (Å²) in [7, 11) is -2.54. The second-order valence-corrected chi connectivity index (χ2v) is 33.1. The Balaban J connectivity index is 0.000000147. The Hall–Kier alpha value is -4.25. The fourth-order valence-electron chi connectivity index (χ4n) is 16.5. The first-order valence-corrected chi connectivity index (χ1v) is 40.7. The summed E-state index contributed by atoms with van der Waals surface area (Å²) in [6.45, 7) is 18.7. The maximum absolute atomic E-state index is 12.3. The van der Waals surface area contributed by atoms with Crippen LogP contribution in [0.1, 0.15) is 206 Å². The van der Waals surface area contributed by atoms with E-state index in [9.17, 15) is 52.5 Å². The quantitative estimate of drug-likeness (QED) is 0.0679. The van der Waals surface area contributed by atoms with Crippen molar-refractivity contribution >= 4 is 45.6 Å². The highest BCUT2D eigenvalue weighted by Crippen LogP contribution is 2.51. The van der Waals surface area contributed by atoms with Gasteiger partial charge in [-0.3, -0.25) is 33.0 Å². The summed E-state index contributed by atoms with van der Waals surface area (Å²) in [5.74, 6) is -2.63. The summed E-state index contributed by atoms with van der Waals surface area (Å²) in [5, 5.41) is 28.3.